The Hall–Kier alpha value is -0.740. The average molecular weight is 331 g/mol. The second kappa shape index (κ2) is 7.15. The highest BCUT2D eigenvalue weighted by Crippen LogP contribution is 2.29. The zero-order chi connectivity index (χ0) is 14.5. The van der Waals surface area contributed by atoms with Gasteiger partial charge in [-0.25, -0.2) is 4.39 Å². The minimum absolute atomic E-state index is 0.350. The van der Waals surface area contributed by atoms with Crippen LogP contribution in [0.1, 0.15) is 44.0 Å². The third-order valence-electron chi connectivity index (χ3n) is 2.99. The molecule has 1 atom stereocenters. The predicted molar refractivity (Wildman–Crippen MR) is 77.9 cm³/mol. The van der Waals surface area contributed by atoms with Crippen LogP contribution in [0.5, 0.6) is 0 Å². The molecule has 0 radical (unpaired) electrons. The van der Waals surface area contributed by atoms with Gasteiger partial charge in [-0.2, -0.15) is 0 Å². The minimum Gasteiger partial charge on any atom is -0.378 e. The van der Waals surface area contributed by atoms with Crippen LogP contribution in [0.15, 0.2) is 22.7 Å². The number of ether oxygens (including phenoxy) is 1. The summed E-state index contributed by atoms with van der Waals surface area (Å²) in [5, 5.41) is 0. The fourth-order valence-corrected chi connectivity index (χ4v) is 2.30. The molecule has 0 aromatic heterocycles. The number of halogens is 2. The van der Waals surface area contributed by atoms with E-state index in [0.29, 0.717) is 27.8 Å². The van der Waals surface area contributed by atoms with Gasteiger partial charge in [0.1, 0.15) is 5.82 Å². The average Bonchev–Trinajstić information content (AvgIpc) is 2.83. The van der Waals surface area contributed by atoms with Crippen molar-refractivity contribution < 1.29 is 13.9 Å². The maximum absolute atomic E-state index is 12.3. The van der Waals surface area contributed by atoms with Crippen LogP contribution in [0.25, 0.3) is 0 Å². The molecule has 1 aliphatic rings. The molecule has 1 aromatic carbocycles. The maximum atomic E-state index is 12.3. The Bertz CT molecular complexity index is 421. The summed E-state index contributed by atoms with van der Waals surface area (Å²) < 4.78 is 18.3. The van der Waals surface area contributed by atoms with Crippen molar-refractivity contribution in [2.24, 2.45) is 5.41 Å². The first kappa shape index (κ1) is 16.3. The molecule has 0 N–H and O–H groups in total. The Morgan fingerprint density at radius 2 is 2.11 bits per heavy atom. The van der Waals surface area contributed by atoms with E-state index in [-0.39, 0.29) is 5.82 Å². The van der Waals surface area contributed by atoms with Gasteiger partial charge >= 0.3 is 0 Å². The van der Waals surface area contributed by atoms with Crippen molar-refractivity contribution in [3.63, 3.8) is 0 Å². The SMILES string of the molecule is CC(C)(C)C1CCCO1.O=Cc1ccc(F)cc1Br. The molecule has 0 spiro atoms. The van der Waals surface area contributed by atoms with Crippen molar-refractivity contribution in [1.29, 1.82) is 0 Å². The molecule has 4 heteroatoms. The molecule has 0 aliphatic carbocycles. The normalized spacial score (nSPS) is 18.7. The lowest BCUT2D eigenvalue weighted by atomic mass is 9.88. The van der Waals surface area contributed by atoms with Crippen LogP contribution in [-0.4, -0.2) is 19.0 Å². The van der Waals surface area contributed by atoms with Gasteiger partial charge in [-0.15, -0.1) is 0 Å². The summed E-state index contributed by atoms with van der Waals surface area (Å²) in [5.41, 5.74) is 0.817. The van der Waals surface area contributed by atoms with E-state index in [9.17, 15) is 9.18 Å². The number of aldehydes is 1. The molecule has 19 heavy (non-hydrogen) atoms. The topological polar surface area (TPSA) is 26.3 Å². The van der Waals surface area contributed by atoms with Crippen LogP contribution in [0.4, 0.5) is 4.39 Å². The highest BCUT2D eigenvalue weighted by Gasteiger charge is 2.28. The molecular weight excluding hydrogens is 311 g/mol. The Morgan fingerprint density at radius 1 is 1.42 bits per heavy atom. The molecule has 1 aromatic rings. The summed E-state index contributed by atoms with van der Waals surface area (Å²) >= 11 is 3.04. The van der Waals surface area contributed by atoms with E-state index in [1.54, 1.807) is 0 Å². The van der Waals surface area contributed by atoms with Gasteiger partial charge in [-0.05, 0) is 52.4 Å². The molecule has 2 rings (SSSR count). The van der Waals surface area contributed by atoms with E-state index in [0.717, 1.165) is 6.61 Å². The Labute approximate surface area is 122 Å². The molecule has 0 saturated carbocycles. The molecule has 1 heterocycles. The Kier molecular flexibility index (Phi) is 6.14. The Balaban J connectivity index is 0.000000191. The van der Waals surface area contributed by atoms with Gasteiger partial charge < -0.3 is 4.74 Å². The highest BCUT2D eigenvalue weighted by atomic mass is 79.9. The molecule has 1 fully saturated rings. The Morgan fingerprint density at radius 3 is 2.47 bits per heavy atom. The zero-order valence-corrected chi connectivity index (χ0v) is 13.2. The quantitative estimate of drug-likeness (QED) is 0.702. The van der Waals surface area contributed by atoms with Crippen LogP contribution in [0.3, 0.4) is 0 Å². The third kappa shape index (κ3) is 5.41. The lowest BCUT2D eigenvalue weighted by molar-refractivity contribution is 0.0290. The van der Waals surface area contributed by atoms with Crippen LogP contribution in [-0.2, 0) is 4.74 Å². The van der Waals surface area contributed by atoms with E-state index in [2.05, 4.69) is 36.7 Å². The standard InChI is InChI=1S/C8H16O.C7H4BrFO/c1-8(2,3)7-5-4-6-9-7;8-7-3-6(9)2-1-5(7)4-10/h7H,4-6H2,1-3H3;1-4H. The van der Waals surface area contributed by atoms with Crippen LogP contribution in [0, 0.1) is 11.2 Å². The number of rotatable bonds is 1. The number of carbonyl (C=O) groups excluding carboxylic acids is 1. The molecule has 1 unspecified atom stereocenters. The summed E-state index contributed by atoms with van der Waals surface area (Å²) in [6.07, 6.45) is 3.69. The van der Waals surface area contributed by atoms with Crippen molar-refractivity contribution in [3.05, 3.63) is 34.1 Å². The van der Waals surface area contributed by atoms with Crippen molar-refractivity contribution in [2.75, 3.05) is 6.61 Å². The van der Waals surface area contributed by atoms with Gasteiger partial charge in [-0.3, -0.25) is 4.79 Å². The van der Waals surface area contributed by atoms with E-state index >= 15 is 0 Å². The summed E-state index contributed by atoms with van der Waals surface area (Å²) in [4.78, 5) is 10.2. The second-order valence-corrected chi connectivity index (χ2v) is 6.51. The highest BCUT2D eigenvalue weighted by molar-refractivity contribution is 9.10. The first-order valence-corrected chi connectivity index (χ1v) is 7.15. The minimum atomic E-state index is -0.350. The van der Waals surface area contributed by atoms with E-state index in [1.165, 1.54) is 31.0 Å². The van der Waals surface area contributed by atoms with Gasteiger partial charge in [0, 0.05) is 16.6 Å². The maximum Gasteiger partial charge on any atom is 0.151 e. The van der Waals surface area contributed by atoms with E-state index in [4.69, 9.17) is 4.74 Å². The molecule has 1 saturated heterocycles. The van der Waals surface area contributed by atoms with Gasteiger partial charge in [0.2, 0.25) is 0 Å². The van der Waals surface area contributed by atoms with Crippen molar-refractivity contribution in [2.45, 2.75) is 39.7 Å². The van der Waals surface area contributed by atoms with Gasteiger partial charge in [0.25, 0.3) is 0 Å². The fraction of sp³-hybridized carbons (Fsp3) is 0.533. The number of hydrogen-bond donors (Lipinski definition) is 0. The molecule has 106 valence electrons. The van der Waals surface area contributed by atoms with Crippen molar-refractivity contribution >= 4 is 22.2 Å². The predicted octanol–water partition coefficient (Wildman–Crippen LogP) is 4.61. The summed E-state index contributed by atoms with van der Waals surface area (Å²) in [5.74, 6) is -0.350. The first-order chi connectivity index (χ1) is 8.84. The number of carbonyl (C=O) groups is 1. The van der Waals surface area contributed by atoms with Gasteiger partial charge in [-0.1, -0.05) is 20.8 Å². The lowest BCUT2D eigenvalue weighted by Crippen LogP contribution is -2.24. The molecule has 0 amide bonds. The lowest BCUT2D eigenvalue weighted by Gasteiger charge is -2.25. The van der Waals surface area contributed by atoms with Crippen molar-refractivity contribution in [3.8, 4) is 0 Å². The first-order valence-electron chi connectivity index (χ1n) is 6.36. The monoisotopic (exact) mass is 330 g/mol. The summed E-state index contributed by atoms with van der Waals surface area (Å²) in [6.45, 7) is 7.69. The zero-order valence-electron chi connectivity index (χ0n) is 11.6. The van der Waals surface area contributed by atoms with Gasteiger partial charge in [0.15, 0.2) is 6.29 Å². The van der Waals surface area contributed by atoms with E-state index < -0.39 is 0 Å². The number of benzene rings is 1. The van der Waals surface area contributed by atoms with Crippen LogP contribution in [0.2, 0.25) is 0 Å². The molecule has 1 aliphatic heterocycles. The summed E-state index contributed by atoms with van der Waals surface area (Å²) in [7, 11) is 0. The van der Waals surface area contributed by atoms with Crippen LogP contribution < -0.4 is 0 Å². The molecule has 2 nitrogen and oxygen atoms in total. The smallest absolute Gasteiger partial charge is 0.151 e. The summed E-state index contributed by atoms with van der Waals surface area (Å²) in [6, 6.07) is 3.92. The third-order valence-corrected chi connectivity index (χ3v) is 3.67. The fourth-order valence-electron chi connectivity index (χ4n) is 1.86. The largest absolute Gasteiger partial charge is 0.378 e. The van der Waals surface area contributed by atoms with Crippen molar-refractivity contribution in [1.82, 2.24) is 0 Å². The van der Waals surface area contributed by atoms with Gasteiger partial charge in [0.05, 0.1) is 6.10 Å². The molecule has 0 bridgehead atoms. The molecular formula is C15H20BrFO2. The number of hydrogen-bond acceptors (Lipinski definition) is 2. The van der Waals surface area contributed by atoms with E-state index in [1.807, 2.05) is 0 Å². The second-order valence-electron chi connectivity index (χ2n) is 5.65. The van der Waals surface area contributed by atoms with Crippen LogP contribution >= 0.6 is 15.9 Å².